The van der Waals surface area contributed by atoms with Crippen molar-refractivity contribution in [3.63, 3.8) is 0 Å². The summed E-state index contributed by atoms with van der Waals surface area (Å²) in [6, 6.07) is 12.1. The molecule has 1 saturated carbocycles. The molecule has 20 heavy (non-hydrogen) atoms. The molecular formula is C17H20N2O. The van der Waals surface area contributed by atoms with Crippen LogP contribution in [0.3, 0.4) is 0 Å². The van der Waals surface area contributed by atoms with Crippen LogP contribution in [0, 0.1) is 5.92 Å². The summed E-state index contributed by atoms with van der Waals surface area (Å²) in [6.07, 6.45) is 7.38. The van der Waals surface area contributed by atoms with Gasteiger partial charge in [0.1, 0.15) is 0 Å². The smallest absolute Gasteiger partial charge is 0.251 e. The zero-order valence-corrected chi connectivity index (χ0v) is 11.8. The lowest BCUT2D eigenvalue weighted by Gasteiger charge is -2.13. The van der Waals surface area contributed by atoms with E-state index in [1.807, 2.05) is 53.4 Å². The highest BCUT2D eigenvalue weighted by atomic mass is 16.1. The molecule has 1 heterocycles. The van der Waals surface area contributed by atoms with Crippen LogP contribution in [-0.2, 0) is 0 Å². The maximum absolute atomic E-state index is 12.3. The van der Waals surface area contributed by atoms with Gasteiger partial charge in [0.15, 0.2) is 0 Å². The zero-order valence-electron chi connectivity index (χ0n) is 11.8. The van der Waals surface area contributed by atoms with Crippen LogP contribution in [0.1, 0.15) is 36.5 Å². The molecule has 3 rings (SSSR count). The van der Waals surface area contributed by atoms with Gasteiger partial charge in [-0.15, -0.1) is 0 Å². The standard InChI is InChI=1S/C17H20N2O/c1-13-7-8-15(11-13)18-17(20)14-5-4-6-16(12-14)19-9-2-3-10-19/h2-6,9-10,12-13,15H,7-8,11H2,1H3,(H,18,20). The molecule has 1 aliphatic carbocycles. The Labute approximate surface area is 119 Å². The summed E-state index contributed by atoms with van der Waals surface area (Å²) in [5.74, 6) is 0.768. The van der Waals surface area contributed by atoms with E-state index in [0.29, 0.717) is 6.04 Å². The number of carbonyl (C=O) groups excluding carboxylic acids is 1. The van der Waals surface area contributed by atoms with Gasteiger partial charge in [-0.05, 0) is 55.5 Å². The molecule has 2 unspecified atom stereocenters. The first kappa shape index (κ1) is 13.0. The Morgan fingerprint density at radius 3 is 2.70 bits per heavy atom. The Morgan fingerprint density at radius 1 is 1.20 bits per heavy atom. The maximum Gasteiger partial charge on any atom is 0.251 e. The molecular weight excluding hydrogens is 248 g/mol. The molecule has 0 saturated heterocycles. The highest BCUT2D eigenvalue weighted by Gasteiger charge is 2.23. The van der Waals surface area contributed by atoms with Crippen LogP contribution in [0.2, 0.25) is 0 Å². The van der Waals surface area contributed by atoms with E-state index < -0.39 is 0 Å². The largest absolute Gasteiger partial charge is 0.349 e. The van der Waals surface area contributed by atoms with Crippen LogP contribution in [0.15, 0.2) is 48.8 Å². The van der Waals surface area contributed by atoms with Gasteiger partial charge in [-0.3, -0.25) is 4.79 Å². The van der Waals surface area contributed by atoms with Crippen molar-refractivity contribution in [1.82, 2.24) is 9.88 Å². The molecule has 0 bridgehead atoms. The van der Waals surface area contributed by atoms with E-state index in [1.165, 1.54) is 6.42 Å². The Bertz CT molecular complexity index is 589. The summed E-state index contributed by atoms with van der Waals surface area (Å²) in [4.78, 5) is 12.3. The van der Waals surface area contributed by atoms with Crippen LogP contribution in [0.25, 0.3) is 5.69 Å². The second-order valence-corrected chi connectivity index (χ2v) is 5.73. The lowest BCUT2D eigenvalue weighted by atomic mass is 10.1. The van der Waals surface area contributed by atoms with E-state index in [9.17, 15) is 4.79 Å². The van der Waals surface area contributed by atoms with Crippen LogP contribution in [0.4, 0.5) is 0 Å². The molecule has 0 radical (unpaired) electrons. The molecule has 1 N–H and O–H groups in total. The monoisotopic (exact) mass is 268 g/mol. The molecule has 3 nitrogen and oxygen atoms in total. The second-order valence-electron chi connectivity index (χ2n) is 5.73. The van der Waals surface area contributed by atoms with E-state index in [-0.39, 0.29) is 5.91 Å². The molecule has 0 aliphatic heterocycles. The predicted molar refractivity (Wildman–Crippen MR) is 80.0 cm³/mol. The number of amides is 1. The first-order valence-corrected chi connectivity index (χ1v) is 7.26. The fraction of sp³-hybridized carbons (Fsp3) is 0.353. The Kier molecular flexibility index (Phi) is 3.59. The first-order chi connectivity index (χ1) is 9.72. The lowest BCUT2D eigenvalue weighted by Crippen LogP contribution is -2.32. The Morgan fingerprint density at radius 2 is 2.00 bits per heavy atom. The fourth-order valence-corrected chi connectivity index (χ4v) is 2.92. The minimum absolute atomic E-state index is 0.0399. The van der Waals surface area contributed by atoms with Crippen LogP contribution >= 0.6 is 0 Å². The van der Waals surface area contributed by atoms with Crippen LogP contribution in [-0.4, -0.2) is 16.5 Å². The van der Waals surface area contributed by atoms with Crippen molar-refractivity contribution in [2.75, 3.05) is 0 Å². The minimum Gasteiger partial charge on any atom is -0.349 e. The average molecular weight is 268 g/mol. The van der Waals surface area contributed by atoms with Crippen LogP contribution < -0.4 is 5.32 Å². The summed E-state index contributed by atoms with van der Waals surface area (Å²) >= 11 is 0. The normalized spacial score (nSPS) is 21.9. The van der Waals surface area contributed by atoms with Gasteiger partial charge in [-0.2, -0.15) is 0 Å². The van der Waals surface area contributed by atoms with E-state index >= 15 is 0 Å². The number of benzene rings is 1. The zero-order chi connectivity index (χ0) is 13.9. The predicted octanol–water partition coefficient (Wildman–Crippen LogP) is 3.40. The van der Waals surface area contributed by atoms with Crippen molar-refractivity contribution in [1.29, 1.82) is 0 Å². The van der Waals surface area contributed by atoms with Crippen molar-refractivity contribution in [3.8, 4) is 5.69 Å². The molecule has 3 heteroatoms. The second kappa shape index (κ2) is 5.53. The van der Waals surface area contributed by atoms with E-state index in [0.717, 1.165) is 30.0 Å². The molecule has 1 amide bonds. The summed E-state index contributed by atoms with van der Waals surface area (Å²) in [5, 5.41) is 3.15. The van der Waals surface area contributed by atoms with Gasteiger partial charge >= 0.3 is 0 Å². The van der Waals surface area contributed by atoms with E-state index in [1.54, 1.807) is 0 Å². The average Bonchev–Trinajstić information content (AvgIpc) is 3.11. The quantitative estimate of drug-likeness (QED) is 0.909. The SMILES string of the molecule is CC1CCC(NC(=O)c2cccc(-n3cccc3)c2)C1. The number of nitrogens with one attached hydrogen (secondary N) is 1. The molecule has 2 atom stereocenters. The summed E-state index contributed by atoms with van der Waals surface area (Å²) in [7, 11) is 0. The number of rotatable bonds is 3. The van der Waals surface area contributed by atoms with Gasteiger partial charge in [-0.1, -0.05) is 13.0 Å². The third-order valence-corrected chi connectivity index (χ3v) is 4.04. The van der Waals surface area contributed by atoms with Gasteiger partial charge in [0, 0.05) is 29.7 Å². The van der Waals surface area contributed by atoms with Crippen molar-refractivity contribution < 1.29 is 4.79 Å². The van der Waals surface area contributed by atoms with Gasteiger partial charge in [0.05, 0.1) is 0 Å². The summed E-state index contributed by atoms with van der Waals surface area (Å²) in [6.45, 7) is 2.25. The van der Waals surface area contributed by atoms with Crippen LogP contribution in [0.5, 0.6) is 0 Å². The number of aromatic nitrogens is 1. The highest BCUT2D eigenvalue weighted by Crippen LogP contribution is 2.24. The van der Waals surface area contributed by atoms with E-state index in [2.05, 4.69) is 12.2 Å². The fourth-order valence-electron chi connectivity index (χ4n) is 2.92. The van der Waals surface area contributed by atoms with Gasteiger partial charge in [-0.25, -0.2) is 0 Å². The maximum atomic E-state index is 12.3. The topological polar surface area (TPSA) is 34.0 Å². The van der Waals surface area contributed by atoms with Crippen molar-refractivity contribution in [2.45, 2.75) is 32.2 Å². The van der Waals surface area contributed by atoms with Crippen molar-refractivity contribution in [3.05, 3.63) is 54.4 Å². The van der Waals surface area contributed by atoms with Crippen molar-refractivity contribution >= 4 is 5.91 Å². The van der Waals surface area contributed by atoms with E-state index in [4.69, 9.17) is 0 Å². The minimum atomic E-state index is 0.0399. The molecule has 0 spiro atoms. The number of carbonyl (C=O) groups is 1. The molecule has 1 aliphatic rings. The third-order valence-electron chi connectivity index (χ3n) is 4.04. The lowest BCUT2D eigenvalue weighted by molar-refractivity contribution is 0.0937. The van der Waals surface area contributed by atoms with Gasteiger partial charge in [0.2, 0.25) is 0 Å². The Balaban J connectivity index is 1.73. The van der Waals surface area contributed by atoms with Gasteiger partial charge in [0.25, 0.3) is 5.91 Å². The molecule has 1 aromatic carbocycles. The molecule has 1 fully saturated rings. The number of hydrogen-bond donors (Lipinski definition) is 1. The summed E-state index contributed by atoms with van der Waals surface area (Å²) in [5.41, 5.74) is 1.75. The number of nitrogens with zero attached hydrogens (tertiary/aromatic N) is 1. The Hall–Kier alpha value is -2.03. The van der Waals surface area contributed by atoms with Crippen molar-refractivity contribution in [2.24, 2.45) is 5.92 Å². The summed E-state index contributed by atoms with van der Waals surface area (Å²) < 4.78 is 2.01. The molecule has 2 aromatic rings. The first-order valence-electron chi connectivity index (χ1n) is 7.26. The molecule has 1 aromatic heterocycles. The molecule has 104 valence electrons. The number of hydrogen-bond acceptors (Lipinski definition) is 1. The van der Waals surface area contributed by atoms with Gasteiger partial charge < -0.3 is 9.88 Å². The third kappa shape index (κ3) is 2.77. The highest BCUT2D eigenvalue weighted by molar-refractivity contribution is 5.94.